The summed E-state index contributed by atoms with van der Waals surface area (Å²) in [7, 11) is 1.12. The lowest BCUT2D eigenvalue weighted by molar-refractivity contribution is -0.870. The first kappa shape index (κ1) is 69.9. The summed E-state index contributed by atoms with van der Waals surface area (Å²) in [5.74, 6) is -0.881. The van der Waals surface area contributed by atoms with Crippen LogP contribution >= 0.6 is 7.82 Å². The van der Waals surface area contributed by atoms with Gasteiger partial charge in [0, 0.05) is 12.8 Å². The second kappa shape index (κ2) is 53.7. The van der Waals surface area contributed by atoms with Crippen molar-refractivity contribution in [2.24, 2.45) is 0 Å². The first-order valence-electron chi connectivity index (χ1n) is 28.5. The van der Waals surface area contributed by atoms with E-state index in [2.05, 4.69) is 160 Å². The maximum absolute atomic E-state index is 12.8. The molecule has 0 fully saturated rings. The molecule has 2 unspecified atom stereocenters. The number of hydrogen-bond donors (Lipinski definition) is 0. The van der Waals surface area contributed by atoms with Crippen LogP contribution in [0.3, 0.4) is 0 Å². The van der Waals surface area contributed by atoms with E-state index in [0.29, 0.717) is 23.9 Å². The van der Waals surface area contributed by atoms with Gasteiger partial charge in [-0.2, -0.15) is 0 Å². The Hall–Kier alpha value is -4.11. The van der Waals surface area contributed by atoms with Gasteiger partial charge in [0.1, 0.15) is 19.8 Å². The predicted molar refractivity (Wildman–Crippen MR) is 314 cm³/mol. The van der Waals surface area contributed by atoms with Gasteiger partial charge in [-0.05, 0) is 116 Å². The molecule has 0 saturated heterocycles. The second-order valence-corrected chi connectivity index (χ2v) is 21.0. The minimum atomic E-state index is -4.65. The fourth-order valence-corrected chi connectivity index (χ4v) is 7.68. The van der Waals surface area contributed by atoms with Crippen molar-refractivity contribution < 1.29 is 42.1 Å². The Morgan fingerprint density at radius 3 is 1.15 bits per heavy atom. The Bertz CT molecular complexity index is 1760. The third-order valence-corrected chi connectivity index (χ3v) is 12.3. The highest BCUT2D eigenvalue weighted by Crippen LogP contribution is 2.38. The molecule has 0 N–H and O–H groups in total. The number of phosphoric acid groups is 1. The number of likely N-dealkylation sites (N-methyl/N-ethyl adjacent to an activating group) is 1. The molecule has 0 spiro atoms. The number of nitrogens with zero attached hydrogens (tertiary/aromatic N) is 1. The molecule has 0 aromatic rings. The van der Waals surface area contributed by atoms with Crippen molar-refractivity contribution in [2.75, 3.05) is 47.5 Å². The summed E-state index contributed by atoms with van der Waals surface area (Å²) >= 11 is 0. The number of quaternary nitrogens is 1. The molecule has 0 aromatic carbocycles. The molecule has 9 nitrogen and oxygen atoms in total. The summed E-state index contributed by atoms with van der Waals surface area (Å²) in [6.07, 6.45) is 79.0. The lowest BCUT2D eigenvalue weighted by Crippen LogP contribution is -2.37. The fourth-order valence-electron chi connectivity index (χ4n) is 6.95. The fraction of sp³-hybridized carbons (Fsp3) is 0.594. The van der Waals surface area contributed by atoms with Crippen LogP contribution in [0, 0.1) is 0 Å². The van der Waals surface area contributed by atoms with Crippen LogP contribution in [0.4, 0.5) is 0 Å². The lowest BCUT2D eigenvalue weighted by atomic mass is 10.1. The maximum atomic E-state index is 12.8. The van der Waals surface area contributed by atoms with E-state index in [1.165, 1.54) is 6.42 Å². The molecule has 0 aliphatic heterocycles. The number of hydrogen-bond acceptors (Lipinski definition) is 8. The summed E-state index contributed by atoms with van der Waals surface area (Å²) in [5, 5.41) is 0. The molecule has 0 aromatic heterocycles. The van der Waals surface area contributed by atoms with Gasteiger partial charge in [-0.25, -0.2) is 0 Å². The number of carbonyl (C=O) groups is 2. The molecule has 0 bridgehead atoms. The minimum absolute atomic E-state index is 0.0444. The molecule has 2 atom stereocenters. The van der Waals surface area contributed by atoms with Crippen molar-refractivity contribution in [1.82, 2.24) is 0 Å². The first-order valence-corrected chi connectivity index (χ1v) is 30.0. The highest BCUT2D eigenvalue weighted by Gasteiger charge is 2.21. The zero-order valence-electron chi connectivity index (χ0n) is 47.2. The third-order valence-electron chi connectivity index (χ3n) is 11.3. The number of carbonyl (C=O) groups excluding carboxylic acids is 2. The van der Waals surface area contributed by atoms with Crippen LogP contribution in [0.5, 0.6) is 0 Å². The largest absolute Gasteiger partial charge is 0.756 e. The molecule has 10 heteroatoms. The second-order valence-electron chi connectivity index (χ2n) is 19.6. The molecular formula is C64H104NO8P. The Balaban J connectivity index is 4.19. The van der Waals surface area contributed by atoms with E-state index in [9.17, 15) is 19.0 Å². The summed E-state index contributed by atoms with van der Waals surface area (Å²) < 4.78 is 34.0. The van der Waals surface area contributed by atoms with Crippen LogP contribution in [0.2, 0.25) is 0 Å². The van der Waals surface area contributed by atoms with Crippen LogP contribution in [0.1, 0.15) is 194 Å². The van der Waals surface area contributed by atoms with Gasteiger partial charge < -0.3 is 27.9 Å². The predicted octanol–water partition coefficient (Wildman–Crippen LogP) is 17.3. The highest BCUT2D eigenvalue weighted by atomic mass is 31.2. The van der Waals surface area contributed by atoms with Gasteiger partial charge in [-0.1, -0.05) is 211 Å². The van der Waals surface area contributed by atoms with Gasteiger partial charge in [0.2, 0.25) is 0 Å². The number of allylic oxidation sites excluding steroid dienone is 24. The highest BCUT2D eigenvalue weighted by molar-refractivity contribution is 7.45. The smallest absolute Gasteiger partial charge is 0.306 e. The third kappa shape index (κ3) is 57.2. The van der Waals surface area contributed by atoms with Gasteiger partial charge in [0.25, 0.3) is 7.82 Å². The van der Waals surface area contributed by atoms with Crippen molar-refractivity contribution in [3.8, 4) is 0 Å². The van der Waals surface area contributed by atoms with E-state index < -0.39 is 32.5 Å². The van der Waals surface area contributed by atoms with Crippen molar-refractivity contribution in [1.29, 1.82) is 0 Å². The summed E-state index contributed by atoms with van der Waals surface area (Å²) in [6, 6.07) is 0. The number of esters is 2. The molecule has 0 amide bonds. The molecule has 0 rings (SSSR count). The summed E-state index contributed by atoms with van der Waals surface area (Å²) in [4.78, 5) is 37.7. The van der Waals surface area contributed by atoms with Crippen molar-refractivity contribution in [2.45, 2.75) is 200 Å². The van der Waals surface area contributed by atoms with Crippen LogP contribution < -0.4 is 4.89 Å². The molecule has 0 heterocycles. The average molecular weight is 1050 g/mol. The topological polar surface area (TPSA) is 111 Å². The van der Waals surface area contributed by atoms with Crippen LogP contribution in [0.25, 0.3) is 0 Å². The number of rotatable bonds is 50. The minimum Gasteiger partial charge on any atom is -0.756 e. The average Bonchev–Trinajstić information content (AvgIpc) is 3.36. The van der Waals surface area contributed by atoms with Gasteiger partial charge in [-0.15, -0.1) is 0 Å². The van der Waals surface area contributed by atoms with E-state index in [0.717, 1.165) is 148 Å². The monoisotopic (exact) mass is 1050 g/mol. The maximum Gasteiger partial charge on any atom is 0.306 e. The van der Waals surface area contributed by atoms with E-state index in [1.54, 1.807) is 0 Å². The van der Waals surface area contributed by atoms with Crippen molar-refractivity contribution in [3.05, 3.63) is 146 Å². The molecule has 0 radical (unpaired) electrons. The quantitative estimate of drug-likeness (QED) is 0.0195. The summed E-state index contributed by atoms with van der Waals surface area (Å²) in [5.41, 5.74) is 0. The molecule has 0 aliphatic rings. The number of unbranched alkanes of at least 4 members (excludes halogenated alkanes) is 12. The summed E-state index contributed by atoms with van der Waals surface area (Å²) in [6.45, 7) is 3.99. The molecular weight excluding hydrogens is 942 g/mol. The zero-order chi connectivity index (χ0) is 54.2. The van der Waals surface area contributed by atoms with Crippen molar-refractivity contribution >= 4 is 19.8 Å². The van der Waals surface area contributed by atoms with Crippen molar-refractivity contribution in [3.63, 3.8) is 0 Å². The van der Waals surface area contributed by atoms with Gasteiger partial charge >= 0.3 is 11.9 Å². The Labute approximate surface area is 453 Å². The Morgan fingerprint density at radius 2 is 0.770 bits per heavy atom. The molecule has 0 saturated carbocycles. The van der Waals surface area contributed by atoms with Crippen LogP contribution in [-0.2, 0) is 32.7 Å². The SMILES string of the molecule is CC/C=C\C/C=C\C/C=C\C/C=C\C/C=C\C/C=C\C/C=C\C/C=C\C/C=C\C/C=C\CCCCCCCCC(=O)OC(COC(=O)CCCCCCC/C=C\C/C=C\CCC)COP(=O)([O-])OCC[N+](C)(C)C. The standard InChI is InChI=1S/C64H104NO8P/c1-6-8-10-12-14-16-18-20-21-22-23-24-25-26-27-28-29-30-31-32-33-34-35-36-37-38-39-40-41-42-43-45-47-49-51-53-55-57-64(67)73-62(61-72-74(68,69)71-59-58-65(3,4)5)60-70-63(66)56-54-52-50-48-46-44-19-17-15-13-11-9-7-2/h8,10-11,13-14,16-17,19-21,23-24,26-27,29-30,32-33,35-36,38-39,41-42,62H,6-7,9,12,15,18,22,25,28,31,34,37,40,43-61H2,1-5H3/b10-8-,13-11-,16-14-,19-17-,21-20-,24-23-,27-26-,30-29-,33-32-,36-35-,39-38-,42-41-. The Morgan fingerprint density at radius 1 is 0.432 bits per heavy atom. The Kier molecular flexibility index (Phi) is 50.7. The molecule has 74 heavy (non-hydrogen) atoms. The molecule has 418 valence electrons. The van der Waals surface area contributed by atoms with Crippen LogP contribution in [0.15, 0.2) is 146 Å². The van der Waals surface area contributed by atoms with Gasteiger partial charge in [0.15, 0.2) is 6.10 Å². The normalized spacial score (nSPS) is 14.4. The van der Waals surface area contributed by atoms with E-state index in [1.807, 2.05) is 21.1 Å². The van der Waals surface area contributed by atoms with E-state index in [4.69, 9.17) is 18.5 Å². The van der Waals surface area contributed by atoms with E-state index in [-0.39, 0.29) is 26.1 Å². The zero-order valence-corrected chi connectivity index (χ0v) is 48.1. The van der Waals surface area contributed by atoms with Crippen LogP contribution in [-0.4, -0.2) is 70.0 Å². The number of phosphoric ester groups is 1. The van der Waals surface area contributed by atoms with Gasteiger partial charge in [0.05, 0.1) is 27.7 Å². The number of ether oxygens (including phenoxy) is 2. The lowest BCUT2D eigenvalue weighted by Gasteiger charge is -2.28. The molecule has 0 aliphatic carbocycles. The van der Waals surface area contributed by atoms with E-state index >= 15 is 0 Å². The van der Waals surface area contributed by atoms with Gasteiger partial charge in [-0.3, -0.25) is 14.2 Å². The first-order chi connectivity index (χ1) is 36.0.